The number of benzene rings is 2. The third-order valence-corrected chi connectivity index (χ3v) is 5.67. The molecule has 154 valence electrons. The van der Waals surface area contributed by atoms with Crippen molar-refractivity contribution in [2.45, 2.75) is 33.2 Å². The Morgan fingerprint density at radius 3 is 2.70 bits per heavy atom. The molecule has 0 bridgehead atoms. The summed E-state index contributed by atoms with van der Waals surface area (Å²) in [5.41, 5.74) is 4.99. The molecule has 0 aliphatic heterocycles. The first-order chi connectivity index (χ1) is 14.5. The van der Waals surface area contributed by atoms with E-state index in [1.807, 2.05) is 39.1 Å². The van der Waals surface area contributed by atoms with E-state index in [9.17, 15) is 4.79 Å². The Hall–Kier alpha value is -3.41. The lowest BCUT2D eigenvalue weighted by Gasteiger charge is -2.12. The van der Waals surface area contributed by atoms with Crippen LogP contribution < -0.4 is 10.1 Å². The molecule has 0 saturated heterocycles. The number of carbonyl (C=O) groups excluding carboxylic acids is 1. The van der Waals surface area contributed by atoms with Gasteiger partial charge in [0.25, 0.3) is 0 Å². The highest BCUT2D eigenvalue weighted by atomic mass is 16.5. The Morgan fingerprint density at radius 2 is 1.90 bits per heavy atom. The molecule has 0 saturated carbocycles. The SMILES string of the molecule is COc1nn(C)c2nc(C)c(CCC(=O)NCc3cccc4ccccc34)c(C)c12. The lowest BCUT2D eigenvalue weighted by atomic mass is 10.00. The minimum Gasteiger partial charge on any atom is -0.479 e. The summed E-state index contributed by atoms with van der Waals surface area (Å²) < 4.78 is 7.15. The summed E-state index contributed by atoms with van der Waals surface area (Å²) in [6.45, 7) is 4.55. The van der Waals surface area contributed by atoms with Crippen molar-refractivity contribution < 1.29 is 9.53 Å². The van der Waals surface area contributed by atoms with E-state index in [1.54, 1.807) is 11.8 Å². The smallest absolute Gasteiger partial charge is 0.242 e. The number of rotatable bonds is 6. The Labute approximate surface area is 175 Å². The minimum absolute atomic E-state index is 0.0278. The van der Waals surface area contributed by atoms with Gasteiger partial charge in [0.2, 0.25) is 11.8 Å². The number of methoxy groups -OCH3 is 1. The molecule has 6 nitrogen and oxygen atoms in total. The Balaban J connectivity index is 1.48. The van der Waals surface area contributed by atoms with Gasteiger partial charge in [-0.2, -0.15) is 0 Å². The fourth-order valence-corrected chi connectivity index (χ4v) is 4.07. The van der Waals surface area contributed by atoms with E-state index in [-0.39, 0.29) is 5.91 Å². The number of fused-ring (bicyclic) bond motifs is 2. The van der Waals surface area contributed by atoms with Crippen molar-refractivity contribution in [3.63, 3.8) is 0 Å². The molecule has 1 N–H and O–H groups in total. The number of pyridine rings is 1. The molecule has 6 heteroatoms. The average molecular weight is 402 g/mol. The van der Waals surface area contributed by atoms with Gasteiger partial charge >= 0.3 is 0 Å². The van der Waals surface area contributed by atoms with Crippen molar-refractivity contribution in [2.75, 3.05) is 7.11 Å². The lowest BCUT2D eigenvalue weighted by Crippen LogP contribution is -2.23. The van der Waals surface area contributed by atoms with Crippen molar-refractivity contribution in [3.05, 3.63) is 64.8 Å². The zero-order valence-electron chi connectivity index (χ0n) is 17.8. The van der Waals surface area contributed by atoms with Crippen molar-refractivity contribution in [1.82, 2.24) is 20.1 Å². The molecule has 2 heterocycles. The molecule has 1 amide bonds. The summed E-state index contributed by atoms with van der Waals surface area (Å²) in [7, 11) is 3.47. The second-order valence-corrected chi connectivity index (χ2v) is 7.55. The van der Waals surface area contributed by atoms with Crippen LogP contribution in [0.1, 0.15) is 28.8 Å². The van der Waals surface area contributed by atoms with Gasteiger partial charge in [-0.05, 0) is 47.7 Å². The van der Waals surface area contributed by atoms with Crippen molar-refractivity contribution >= 4 is 27.7 Å². The van der Waals surface area contributed by atoms with Gasteiger partial charge in [-0.25, -0.2) is 9.67 Å². The van der Waals surface area contributed by atoms with E-state index in [0.29, 0.717) is 25.3 Å². The van der Waals surface area contributed by atoms with Gasteiger partial charge in [0.1, 0.15) is 0 Å². The van der Waals surface area contributed by atoms with Crippen LogP contribution in [0.2, 0.25) is 0 Å². The average Bonchev–Trinajstić information content (AvgIpc) is 3.07. The predicted octanol–water partition coefficient (Wildman–Crippen LogP) is 4.00. The van der Waals surface area contributed by atoms with E-state index in [4.69, 9.17) is 9.72 Å². The topological polar surface area (TPSA) is 69.0 Å². The summed E-state index contributed by atoms with van der Waals surface area (Å²) >= 11 is 0. The number of aromatic nitrogens is 3. The fraction of sp³-hybridized carbons (Fsp3) is 0.292. The monoisotopic (exact) mass is 402 g/mol. The van der Waals surface area contributed by atoms with Crippen LogP contribution in [0.15, 0.2) is 42.5 Å². The number of nitrogens with zero attached hydrogens (tertiary/aromatic N) is 3. The molecule has 0 atom stereocenters. The van der Waals surface area contributed by atoms with Gasteiger partial charge in [-0.1, -0.05) is 42.5 Å². The molecule has 0 spiro atoms. The van der Waals surface area contributed by atoms with E-state index in [0.717, 1.165) is 33.4 Å². The molecular weight excluding hydrogens is 376 g/mol. The highest BCUT2D eigenvalue weighted by Gasteiger charge is 2.18. The Kier molecular flexibility index (Phi) is 5.40. The molecule has 30 heavy (non-hydrogen) atoms. The van der Waals surface area contributed by atoms with Crippen LogP contribution in [-0.2, 0) is 24.8 Å². The molecule has 0 aliphatic rings. The van der Waals surface area contributed by atoms with Gasteiger partial charge in [0, 0.05) is 25.7 Å². The number of carbonyl (C=O) groups is 1. The Bertz CT molecular complexity index is 1240. The standard InChI is InChI=1S/C24H26N4O2/c1-15-19(16(2)26-23-22(15)24(30-4)27-28(23)3)12-13-21(29)25-14-18-10-7-9-17-8-5-6-11-20(17)18/h5-11H,12-14H2,1-4H3,(H,25,29). The molecule has 2 aromatic heterocycles. The summed E-state index contributed by atoms with van der Waals surface area (Å²) in [6.07, 6.45) is 1.03. The van der Waals surface area contributed by atoms with Crippen LogP contribution in [0.4, 0.5) is 0 Å². The molecule has 0 aliphatic carbocycles. The number of nitrogens with one attached hydrogen (secondary N) is 1. The van der Waals surface area contributed by atoms with E-state index in [1.165, 1.54) is 10.8 Å². The molecule has 2 aromatic carbocycles. The predicted molar refractivity (Wildman–Crippen MR) is 119 cm³/mol. The minimum atomic E-state index is 0.0278. The van der Waals surface area contributed by atoms with Gasteiger partial charge < -0.3 is 10.1 Å². The maximum absolute atomic E-state index is 12.6. The summed E-state index contributed by atoms with van der Waals surface area (Å²) in [4.78, 5) is 17.3. The normalized spacial score (nSPS) is 11.2. The largest absolute Gasteiger partial charge is 0.479 e. The van der Waals surface area contributed by atoms with Crippen LogP contribution in [0.3, 0.4) is 0 Å². The molecular formula is C24H26N4O2. The summed E-state index contributed by atoms with van der Waals surface area (Å²) in [5.74, 6) is 0.596. The number of hydrogen-bond donors (Lipinski definition) is 1. The van der Waals surface area contributed by atoms with E-state index in [2.05, 4.69) is 34.7 Å². The summed E-state index contributed by atoms with van der Waals surface area (Å²) in [6, 6.07) is 14.4. The Morgan fingerprint density at radius 1 is 1.13 bits per heavy atom. The lowest BCUT2D eigenvalue weighted by molar-refractivity contribution is -0.121. The highest BCUT2D eigenvalue weighted by molar-refractivity contribution is 5.87. The second kappa shape index (κ2) is 8.14. The second-order valence-electron chi connectivity index (χ2n) is 7.55. The number of amides is 1. The molecule has 0 radical (unpaired) electrons. The quantitative estimate of drug-likeness (QED) is 0.529. The van der Waals surface area contributed by atoms with Crippen molar-refractivity contribution in [2.24, 2.45) is 7.05 Å². The zero-order chi connectivity index (χ0) is 21.3. The highest BCUT2D eigenvalue weighted by Crippen LogP contribution is 2.30. The van der Waals surface area contributed by atoms with Crippen molar-refractivity contribution in [3.8, 4) is 5.88 Å². The van der Waals surface area contributed by atoms with Crippen LogP contribution in [0.5, 0.6) is 5.88 Å². The zero-order valence-corrected chi connectivity index (χ0v) is 17.8. The first-order valence-corrected chi connectivity index (χ1v) is 10.1. The number of aryl methyl sites for hydroxylation is 3. The summed E-state index contributed by atoms with van der Waals surface area (Å²) in [5, 5.41) is 10.7. The maximum Gasteiger partial charge on any atom is 0.242 e. The first-order valence-electron chi connectivity index (χ1n) is 10.1. The maximum atomic E-state index is 12.6. The van der Waals surface area contributed by atoms with E-state index >= 15 is 0 Å². The van der Waals surface area contributed by atoms with Gasteiger partial charge in [-0.15, -0.1) is 5.10 Å². The van der Waals surface area contributed by atoms with Gasteiger partial charge in [0.05, 0.1) is 12.5 Å². The third-order valence-electron chi connectivity index (χ3n) is 5.67. The molecule has 0 unspecified atom stereocenters. The molecule has 4 rings (SSSR count). The first kappa shape index (κ1) is 19.9. The van der Waals surface area contributed by atoms with E-state index < -0.39 is 0 Å². The fourth-order valence-electron chi connectivity index (χ4n) is 4.07. The molecule has 4 aromatic rings. The van der Waals surface area contributed by atoms with Crippen LogP contribution in [0.25, 0.3) is 21.8 Å². The molecule has 0 fully saturated rings. The van der Waals surface area contributed by atoms with Crippen LogP contribution in [0, 0.1) is 13.8 Å². The van der Waals surface area contributed by atoms with Crippen molar-refractivity contribution in [1.29, 1.82) is 0 Å². The van der Waals surface area contributed by atoms with Crippen LogP contribution >= 0.6 is 0 Å². The number of hydrogen-bond acceptors (Lipinski definition) is 4. The third kappa shape index (κ3) is 3.61. The van der Waals surface area contributed by atoms with Crippen LogP contribution in [-0.4, -0.2) is 27.8 Å². The van der Waals surface area contributed by atoms with Gasteiger partial charge in [0.15, 0.2) is 5.65 Å². The van der Waals surface area contributed by atoms with Gasteiger partial charge in [-0.3, -0.25) is 4.79 Å². The number of ether oxygens (including phenoxy) is 1.